The van der Waals surface area contributed by atoms with Crippen molar-refractivity contribution in [3.63, 3.8) is 0 Å². The van der Waals surface area contributed by atoms with Gasteiger partial charge in [0.15, 0.2) is 7.98 Å². The number of fused-ring (bicyclic) bond motifs is 1. The van der Waals surface area contributed by atoms with Crippen LogP contribution in [0, 0.1) is 5.92 Å². The highest BCUT2D eigenvalue weighted by atomic mass is 19.4. The maximum absolute atomic E-state index is 13.1. The summed E-state index contributed by atoms with van der Waals surface area (Å²) in [5, 5.41) is 5.37. The number of H-pyrrole nitrogens is 1. The number of hydrogen-bond acceptors (Lipinski definition) is 4. The first-order valence-corrected chi connectivity index (χ1v) is 6.79. The van der Waals surface area contributed by atoms with E-state index in [0.29, 0.717) is 13.1 Å². The Bertz CT molecular complexity index is 591. The van der Waals surface area contributed by atoms with E-state index in [1.165, 1.54) is 0 Å². The minimum absolute atomic E-state index is 0. The zero-order chi connectivity index (χ0) is 15.2. The Labute approximate surface area is 127 Å². The molecule has 5 nitrogen and oxygen atoms in total. The third-order valence-electron chi connectivity index (χ3n) is 4.28. The number of aromatic nitrogens is 2. The molecule has 0 saturated carbocycles. The standard InChI is InChI=1S/C12H14BF3N4O.CH4/c13-20-3-1-2-7-5-19(6-9(7)20)8-4-17-18-11(21)10(8)12(14,15)16;/h4,7,9H,1-3,5-6H2,(H,18,21);1H4. The van der Waals surface area contributed by atoms with Gasteiger partial charge in [0.25, 0.3) is 5.56 Å². The fourth-order valence-electron chi connectivity index (χ4n) is 3.31. The molecule has 2 unspecified atom stereocenters. The maximum Gasteiger partial charge on any atom is 0.423 e. The van der Waals surface area contributed by atoms with Crippen LogP contribution >= 0.6 is 0 Å². The van der Waals surface area contributed by atoms with Gasteiger partial charge in [-0.2, -0.15) is 18.3 Å². The van der Waals surface area contributed by atoms with E-state index in [-0.39, 0.29) is 25.1 Å². The molecule has 2 aliphatic rings. The number of anilines is 1. The Morgan fingerprint density at radius 3 is 2.73 bits per heavy atom. The molecule has 1 aromatic rings. The Morgan fingerprint density at radius 1 is 1.36 bits per heavy atom. The van der Waals surface area contributed by atoms with Gasteiger partial charge in [0.05, 0.1) is 11.9 Å². The van der Waals surface area contributed by atoms with E-state index in [9.17, 15) is 18.0 Å². The van der Waals surface area contributed by atoms with Crippen LogP contribution in [0.3, 0.4) is 0 Å². The van der Waals surface area contributed by atoms with Gasteiger partial charge in [-0.15, -0.1) is 0 Å². The summed E-state index contributed by atoms with van der Waals surface area (Å²) in [5.41, 5.74) is -2.55. The highest BCUT2D eigenvalue weighted by molar-refractivity contribution is 6.04. The van der Waals surface area contributed by atoms with Crippen molar-refractivity contribution in [3.8, 4) is 0 Å². The first-order valence-electron chi connectivity index (χ1n) is 6.79. The van der Waals surface area contributed by atoms with Gasteiger partial charge in [0, 0.05) is 19.1 Å². The summed E-state index contributed by atoms with van der Waals surface area (Å²) in [6.45, 7) is 1.59. The van der Waals surface area contributed by atoms with Crippen LogP contribution in [0.1, 0.15) is 25.8 Å². The van der Waals surface area contributed by atoms with Gasteiger partial charge in [-0.05, 0) is 25.3 Å². The van der Waals surface area contributed by atoms with E-state index in [1.807, 2.05) is 5.10 Å². The smallest absolute Gasteiger partial charge is 0.368 e. The minimum atomic E-state index is -4.71. The summed E-state index contributed by atoms with van der Waals surface area (Å²) >= 11 is 0. The van der Waals surface area contributed by atoms with Crippen molar-refractivity contribution in [2.45, 2.75) is 32.5 Å². The van der Waals surface area contributed by atoms with Crippen LogP contribution in [0.15, 0.2) is 11.0 Å². The van der Waals surface area contributed by atoms with Crippen LogP contribution in [0.5, 0.6) is 0 Å². The summed E-state index contributed by atoms with van der Waals surface area (Å²) in [5.74, 6) is 0.226. The number of halogens is 3. The molecule has 0 bridgehead atoms. The van der Waals surface area contributed by atoms with E-state index in [4.69, 9.17) is 7.98 Å². The van der Waals surface area contributed by atoms with Crippen molar-refractivity contribution in [1.29, 1.82) is 0 Å². The van der Waals surface area contributed by atoms with Crippen molar-refractivity contribution in [2.24, 2.45) is 5.92 Å². The fourth-order valence-corrected chi connectivity index (χ4v) is 3.31. The van der Waals surface area contributed by atoms with Gasteiger partial charge in [-0.3, -0.25) is 4.79 Å². The first-order chi connectivity index (χ1) is 9.88. The van der Waals surface area contributed by atoms with E-state index in [2.05, 4.69) is 5.10 Å². The van der Waals surface area contributed by atoms with Gasteiger partial charge < -0.3 is 9.71 Å². The average Bonchev–Trinajstić information content (AvgIpc) is 2.82. The molecule has 1 N–H and O–H groups in total. The van der Waals surface area contributed by atoms with Crippen molar-refractivity contribution in [3.05, 3.63) is 22.1 Å². The molecular weight excluding hydrogens is 296 g/mol. The number of nitrogens with one attached hydrogen (secondary N) is 1. The second-order valence-corrected chi connectivity index (χ2v) is 5.57. The lowest BCUT2D eigenvalue weighted by Gasteiger charge is -2.34. The molecule has 2 aliphatic heterocycles. The molecule has 9 heteroatoms. The van der Waals surface area contributed by atoms with Crippen LogP contribution in [0.25, 0.3) is 0 Å². The van der Waals surface area contributed by atoms with Gasteiger partial charge in [-0.25, -0.2) is 5.10 Å². The third-order valence-corrected chi connectivity index (χ3v) is 4.28. The van der Waals surface area contributed by atoms with Crippen molar-refractivity contribution >= 4 is 13.7 Å². The Balaban J connectivity index is 0.00000176. The van der Waals surface area contributed by atoms with Crippen LogP contribution in [0.2, 0.25) is 0 Å². The first kappa shape index (κ1) is 16.9. The summed E-state index contributed by atoms with van der Waals surface area (Å²) in [7, 11) is 5.91. The van der Waals surface area contributed by atoms with Crippen LogP contribution in [-0.2, 0) is 6.18 Å². The SMILES string of the molecule is C.[B]N1CCCC2CN(c3cn[nH]c(=O)c3C(F)(F)F)CC21. The van der Waals surface area contributed by atoms with E-state index in [0.717, 1.165) is 25.6 Å². The lowest BCUT2D eigenvalue weighted by Crippen LogP contribution is -2.43. The second kappa shape index (κ2) is 5.94. The van der Waals surface area contributed by atoms with Crippen molar-refractivity contribution in [1.82, 2.24) is 15.0 Å². The molecule has 2 saturated heterocycles. The van der Waals surface area contributed by atoms with Crippen LogP contribution < -0.4 is 10.5 Å². The average molecular weight is 314 g/mol. The fraction of sp³-hybridized carbons (Fsp3) is 0.692. The lowest BCUT2D eigenvalue weighted by atomic mass is 9.90. The molecule has 2 atom stereocenters. The molecule has 0 aromatic carbocycles. The number of nitrogens with zero attached hydrogens (tertiary/aromatic N) is 3. The molecule has 3 rings (SSSR count). The summed E-state index contributed by atoms with van der Waals surface area (Å²) < 4.78 is 39.3. The molecule has 0 aliphatic carbocycles. The molecule has 0 spiro atoms. The zero-order valence-corrected chi connectivity index (χ0v) is 11.2. The number of alkyl halides is 3. The number of rotatable bonds is 1. The van der Waals surface area contributed by atoms with Crippen LogP contribution in [0.4, 0.5) is 18.9 Å². The predicted octanol–water partition coefficient (Wildman–Crippen LogP) is 1.41. The number of piperidine rings is 1. The normalized spacial score (nSPS) is 25.7. The van der Waals surface area contributed by atoms with Gasteiger partial charge >= 0.3 is 6.18 Å². The monoisotopic (exact) mass is 314 g/mol. The quantitative estimate of drug-likeness (QED) is 0.797. The highest BCUT2D eigenvalue weighted by Gasteiger charge is 2.43. The lowest BCUT2D eigenvalue weighted by molar-refractivity contribution is -0.138. The van der Waals surface area contributed by atoms with E-state index in [1.54, 1.807) is 9.71 Å². The van der Waals surface area contributed by atoms with Gasteiger partial charge in [0.2, 0.25) is 0 Å². The topological polar surface area (TPSA) is 52.2 Å². The molecule has 22 heavy (non-hydrogen) atoms. The largest absolute Gasteiger partial charge is 0.423 e. The third kappa shape index (κ3) is 2.86. The zero-order valence-electron chi connectivity index (χ0n) is 11.2. The van der Waals surface area contributed by atoms with Gasteiger partial charge in [-0.1, -0.05) is 7.43 Å². The number of hydrogen-bond donors (Lipinski definition) is 1. The predicted molar refractivity (Wildman–Crippen MR) is 77.8 cm³/mol. The molecular formula is C13H18BF3N4O. The molecule has 2 fully saturated rings. The second-order valence-electron chi connectivity index (χ2n) is 5.57. The van der Waals surface area contributed by atoms with Gasteiger partial charge in [0.1, 0.15) is 5.56 Å². The summed E-state index contributed by atoms with van der Waals surface area (Å²) in [4.78, 5) is 14.8. The van der Waals surface area contributed by atoms with Crippen LogP contribution in [-0.4, -0.2) is 48.7 Å². The molecule has 3 heterocycles. The van der Waals surface area contributed by atoms with Crippen molar-refractivity contribution in [2.75, 3.05) is 24.5 Å². The highest BCUT2D eigenvalue weighted by Crippen LogP contribution is 2.37. The van der Waals surface area contributed by atoms with E-state index < -0.39 is 17.3 Å². The number of aromatic amines is 1. The van der Waals surface area contributed by atoms with Crippen molar-refractivity contribution < 1.29 is 13.2 Å². The molecule has 120 valence electrons. The summed E-state index contributed by atoms with van der Waals surface area (Å²) in [6.07, 6.45) is -1.76. The maximum atomic E-state index is 13.1. The Hall–Kier alpha value is -1.51. The minimum Gasteiger partial charge on any atom is -0.368 e. The Morgan fingerprint density at radius 2 is 2.09 bits per heavy atom. The summed E-state index contributed by atoms with van der Waals surface area (Å²) in [6, 6.07) is 0.0270. The molecule has 0 amide bonds. The molecule has 2 radical (unpaired) electrons. The molecule has 1 aromatic heterocycles. The van der Waals surface area contributed by atoms with E-state index >= 15 is 0 Å². The Kier molecular flexibility index (Phi) is 4.55.